The Kier molecular flexibility index (Phi) is 5.34. The summed E-state index contributed by atoms with van der Waals surface area (Å²) in [6, 6.07) is 22.9. The lowest BCUT2D eigenvalue weighted by Crippen LogP contribution is -2.27. The van der Waals surface area contributed by atoms with Crippen molar-refractivity contribution < 1.29 is 14.3 Å². The van der Waals surface area contributed by atoms with Crippen LogP contribution in [0.2, 0.25) is 0 Å². The van der Waals surface area contributed by atoms with Gasteiger partial charge in [-0.25, -0.2) is 4.79 Å². The maximum absolute atomic E-state index is 12.9. The number of ether oxygens (including phenoxy) is 1. The van der Waals surface area contributed by atoms with Gasteiger partial charge in [0.25, 0.3) is 0 Å². The number of ketones is 1. The van der Waals surface area contributed by atoms with Crippen molar-refractivity contribution in [3.8, 4) is 11.3 Å². The summed E-state index contributed by atoms with van der Waals surface area (Å²) < 4.78 is 5.26. The molecule has 0 bridgehead atoms. The molecule has 0 saturated carbocycles. The standard InChI is InChI=1S/C26H24N2O3/c1-26(2,3)31-25(30)28-22-12-10-18(11-13-22)23-15-21(16-27-23)24(29)20-9-8-17-6-4-5-7-19(17)14-20/h4-16,27H,1-3H3,(H,28,30). The summed E-state index contributed by atoms with van der Waals surface area (Å²) in [4.78, 5) is 28.0. The average Bonchev–Trinajstić information content (AvgIpc) is 3.22. The zero-order valence-corrected chi connectivity index (χ0v) is 17.7. The molecule has 5 heteroatoms. The first-order valence-corrected chi connectivity index (χ1v) is 10.1. The van der Waals surface area contributed by atoms with Gasteiger partial charge in [-0.2, -0.15) is 0 Å². The van der Waals surface area contributed by atoms with E-state index in [9.17, 15) is 9.59 Å². The SMILES string of the molecule is CC(C)(C)OC(=O)Nc1ccc(-c2cc(C(=O)c3ccc4ccccc4c3)c[nH]2)cc1. The molecule has 5 nitrogen and oxygen atoms in total. The summed E-state index contributed by atoms with van der Waals surface area (Å²) >= 11 is 0. The van der Waals surface area contributed by atoms with Crippen LogP contribution in [0.25, 0.3) is 22.0 Å². The summed E-state index contributed by atoms with van der Waals surface area (Å²) in [5.74, 6) is -0.0311. The second kappa shape index (κ2) is 8.11. The lowest BCUT2D eigenvalue weighted by Gasteiger charge is -2.19. The fourth-order valence-corrected chi connectivity index (χ4v) is 3.34. The maximum Gasteiger partial charge on any atom is 0.412 e. The first-order valence-electron chi connectivity index (χ1n) is 10.1. The van der Waals surface area contributed by atoms with Gasteiger partial charge in [0.2, 0.25) is 0 Å². The molecular formula is C26H24N2O3. The Balaban J connectivity index is 1.49. The van der Waals surface area contributed by atoms with E-state index in [1.807, 2.05) is 81.4 Å². The summed E-state index contributed by atoms with van der Waals surface area (Å²) in [6.07, 6.45) is 1.23. The molecule has 1 aromatic heterocycles. The van der Waals surface area contributed by atoms with Crippen LogP contribution in [0.15, 0.2) is 79.0 Å². The molecule has 4 aromatic rings. The zero-order valence-electron chi connectivity index (χ0n) is 17.7. The summed E-state index contributed by atoms with van der Waals surface area (Å²) in [6.45, 7) is 5.45. The van der Waals surface area contributed by atoms with Gasteiger partial charge < -0.3 is 9.72 Å². The van der Waals surface area contributed by atoms with E-state index in [4.69, 9.17) is 4.74 Å². The smallest absolute Gasteiger partial charge is 0.412 e. The molecule has 0 saturated heterocycles. The molecule has 3 aromatic carbocycles. The summed E-state index contributed by atoms with van der Waals surface area (Å²) in [5.41, 5.74) is 3.07. The van der Waals surface area contributed by atoms with Crippen LogP contribution < -0.4 is 5.32 Å². The molecule has 0 fully saturated rings. The van der Waals surface area contributed by atoms with Gasteiger partial charge in [-0.1, -0.05) is 48.5 Å². The van der Waals surface area contributed by atoms with Crippen LogP contribution in [-0.4, -0.2) is 22.5 Å². The number of amides is 1. The first kappa shape index (κ1) is 20.4. The highest BCUT2D eigenvalue weighted by molar-refractivity contribution is 6.11. The Morgan fingerprint density at radius 3 is 2.26 bits per heavy atom. The fourth-order valence-electron chi connectivity index (χ4n) is 3.34. The van der Waals surface area contributed by atoms with Gasteiger partial charge in [0.15, 0.2) is 5.78 Å². The number of benzene rings is 3. The minimum absolute atomic E-state index is 0.0311. The van der Waals surface area contributed by atoms with Crippen LogP contribution in [0, 0.1) is 0 Å². The van der Waals surface area contributed by atoms with Crippen molar-refractivity contribution in [2.45, 2.75) is 26.4 Å². The van der Waals surface area contributed by atoms with Crippen molar-refractivity contribution >= 4 is 28.3 Å². The number of aromatic amines is 1. The maximum atomic E-state index is 12.9. The Morgan fingerprint density at radius 1 is 0.839 bits per heavy atom. The molecular weight excluding hydrogens is 388 g/mol. The normalized spacial score (nSPS) is 11.3. The van der Waals surface area contributed by atoms with E-state index in [1.54, 1.807) is 18.3 Å². The quantitative estimate of drug-likeness (QED) is 0.380. The molecule has 0 spiro atoms. The fraction of sp³-hybridized carbons (Fsp3) is 0.154. The van der Waals surface area contributed by atoms with Crippen LogP contribution in [0.1, 0.15) is 36.7 Å². The second-order valence-corrected chi connectivity index (χ2v) is 8.40. The number of hydrogen-bond donors (Lipinski definition) is 2. The van der Waals surface area contributed by atoms with E-state index >= 15 is 0 Å². The molecule has 31 heavy (non-hydrogen) atoms. The number of aromatic nitrogens is 1. The van der Waals surface area contributed by atoms with E-state index in [1.165, 1.54) is 0 Å². The number of rotatable bonds is 4. The molecule has 0 atom stereocenters. The molecule has 1 heterocycles. The number of fused-ring (bicyclic) bond motifs is 1. The number of carbonyl (C=O) groups excluding carboxylic acids is 2. The number of carbonyl (C=O) groups is 2. The monoisotopic (exact) mass is 412 g/mol. The molecule has 156 valence electrons. The summed E-state index contributed by atoms with van der Waals surface area (Å²) in [7, 11) is 0. The Hall–Kier alpha value is -3.86. The van der Waals surface area contributed by atoms with Crippen LogP contribution in [0.5, 0.6) is 0 Å². The average molecular weight is 412 g/mol. The molecule has 4 rings (SSSR count). The molecule has 0 aliphatic carbocycles. The van der Waals surface area contributed by atoms with E-state index in [-0.39, 0.29) is 5.78 Å². The molecule has 2 N–H and O–H groups in total. The highest BCUT2D eigenvalue weighted by atomic mass is 16.6. The Bertz CT molecular complexity index is 1250. The molecule has 0 aliphatic rings. The molecule has 0 aliphatic heterocycles. The zero-order chi connectivity index (χ0) is 22.0. The van der Waals surface area contributed by atoms with E-state index < -0.39 is 11.7 Å². The highest BCUT2D eigenvalue weighted by Crippen LogP contribution is 2.24. The number of anilines is 1. The van der Waals surface area contributed by atoms with Crippen molar-refractivity contribution in [1.29, 1.82) is 0 Å². The van der Waals surface area contributed by atoms with Crippen LogP contribution >= 0.6 is 0 Å². The second-order valence-electron chi connectivity index (χ2n) is 8.40. The van der Waals surface area contributed by atoms with Gasteiger partial charge in [0.1, 0.15) is 5.60 Å². The third kappa shape index (κ3) is 4.83. The third-order valence-electron chi connectivity index (χ3n) is 4.80. The van der Waals surface area contributed by atoms with Crippen molar-refractivity contribution in [3.63, 3.8) is 0 Å². The van der Waals surface area contributed by atoms with E-state index in [0.717, 1.165) is 22.0 Å². The van der Waals surface area contributed by atoms with Gasteiger partial charge in [-0.15, -0.1) is 0 Å². The van der Waals surface area contributed by atoms with Gasteiger partial charge in [0.05, 0.1) is 0 Å². The third-order valence-corrected chi connectivity index (χ3v) is 4.80. The van der Waals surface area contributed by atoms with Gasteiger partial charge >= 0.3 is 6.09 Å². The molecule has 0 radical (unpaired) electrons. The minimum Gasteiger partial charge on any atom is -0.444 e. The predicted molar refractivity (Wildman–Crippen MR) is 123 cm³/mol. The Labute approximate surface area is 181 Å². The van der Waals surface area contributed by atoms with E-state index in [0.29, 0.717) is 16.8 Å². The van der Waals surface area contributed by atoms with Crippen molar-refractivity contribution in [1.82, 2.24) is 4.98 Å². The number of hydrogen-bond acceptors (Lipinski definition) is 3. The summed E-state index contributed by atoms with van der Waals surface area (Å²) in [5, 5.41) is 4.86. The van der Waals surface area contributed by atoms with Crippen LogP contribution in [0.3, 0.4) is 0 Å². The van der Waals surface area contributed by atoms with Crippen molar-refractivity contribution in [2.24, 2.45) is 0 Å². The lowest BCUT2D eigenvalue weighted by atomic mass is 10.0. The number of H-pyrrole nitrogens is 1. The topological polar surface area (TPSA) is 71.2 Å². The lowest BCUT2D eigenvalue weighted by molar-refractivity contribution is 0.0635. The van der Waals surface area contributed by atoms with E-state index in [2.05, 4.69) is 10.3 Å². The molecule has 0 unspecified atom stereocenters. The van der Waals surface area contributed by atoms with Crippen molar-refractivity contribution in [3.05, 3.63) is 90.1 Å². The van der Waals surface area contributed by atoms with Gasteiger partial charge in [-0.3, -0.25) is 10.1 Å². The number of nitrogens with one attached hydrogen (secondary N) is 2. The van der Waals surface area contributed by atoms with Crippen LogP contribution in [-0.2, 0) is 4.74 Å². The van der Waals surface area contributed by atoms with Crippen molar-refractivity contribution in [2.75, 3.05) is 5.32 Å². The Morgan fingerprint density at radius 2 is 1.55 bits per heavy atom. The first-order chi connectivity index (χ1) is 14.8. The minimum atomic E-state index is -0.553. The highest BCUT2D eigenvalue weighted by Gasteiger charge is 2.16. The van der Waals surface area contributed by atoms with Gasteiger partial charge in [-0.05, 0) is 61.4 Å². The van der Waals surface area contributed by atoms with Gasteiger partial charge in [0, 0.05) is 28.7 Å². The van der Waals surface area contributed by atoms with Crippen LogP contribution in [0.4, 0.5) is 10.5 Å². The predicted octanol–water partition coefficient (Wildman–Crippen LogP) is 6.41. The molecule has 1 amide bonds. The largest absolute Gasteiger partial charge is 0.444 e.